The van der Waals surface area contributed by atoms with Crippen molar-refractivity contribution in [3.8, 4) is 5.75 Å². The number of hydrogen-bond donors (Lipinski definition) is 6. The van der Waals surface area contributed by atoms with E-state index < -0.39 is 47.9 Å². The van der Waals surface area contributed by atoms with Gasteiger partial charge in [-0.2, -0.15) is 12.6 Å². The zero-order valence-electron chi connectivity index (χ0n) is 20.3. The van der Waals surface area contributed by atoms with Crippen LogP contribution in [0.25, 0.3) is 0 Å². The van der Waals surface area contributed by atoms with Crippen molar-refractivity contribution in [1.82, 2.24) is 20.4 Å². The fourth-order valence-corrected chi connectivity index (χ4v) is 4.89. The first-order valence-electron chi connectivity index (χ1n) is 12.2. The minimum atomic E-state index is -1.21. The first kappa shape index (κ1) is 28.3. The van der Waals surface area contributed by atoms with Gasteiger partial charge in [0.25, 0.3) is 0 Å². The number of carbonyl (C=O) groups excluding carboxylic acids is 4. The molecule has 0 radical (unpaired) electrons. The Labute approximate surface area is 219 Å². The van der Waals surface area contributed by atoms with E-state index in [2.05, 4.69) is 23.3 Å². The summed E-state index contributed by atoms with van der Waals surface area (Å²) in [7, 11) is 0. The van der Waals surface area contributed by atoms with Gasteiger partial charge < -0.3 is 36.4 Å². The van der Waals surface area contributed by atoms with Gasteiger partial charge in [-0.1, -0.05) is 12.1 Å². The summed E-state index contributed by atoms with van der Waals surface area (Å²) in [4.78, 5) is 65.4. The van der Waals surface area contributed by atoms with Gasteiger partial charge in [0.2, 0.25) is 23.6 Å². The number of amides is 4. The molecule has 0 unspecified atom stereocenters. The fraction of sp³-hybridized carbons (Fsp3) is 0.542. The molecule has 4 atom stereocenters. The number of nitrogens with zero attached hydrogens (tertiary/aromatic N) is 2. The summed E-state index contributed by atoms with van der Waals surface area (Å²) in [6.07, 6.45) is 2.23. The monoisotopic (exact) mass is 535 g/mol. The Bertz CT molecular complexity index is 1020. The largest absolute Gasteiger partial charge is 0.508 e. The highest BCUT2D eigenvalue weighted by Gasteiger charge is 2.42. The molecule has 3 rings (SSSR count). The van der Waals surface area contributed by atoms with Crippen molar-refractivity contribution in [2.24, 2.45) is 5.73 Å². The van der Waals surface area contributed by atoms with Crippen molar-refractivity contribution in [1.29, 1.82) is 0 Å². The third-order valence-corrected chi connectivity index (χ3v) is 7.00. The van der Waals surface area contributed by atoms with E-state index in [1.165, 1.54) is 21.9 Å². The number of carboxylic acids is 1. The summed E-state index contributed by atoms with van der Waals surface area (Å²) in [5.74, 6) is -3.06. The van der Waals surface area contributed by atoms with Gasteiger partial charge in [-0.25, -0.2) is 4.79 Å². The quantitative estimate of drug-likeness (QED) is 0.203. The minimum absolute atomic E-state index is 0.0863. The molecule has 0 aromatic heterocycles. The van der Waals surface area contributed by atoms with Gasteiger partial charge in [0.1, 0.15) is 23.9 Å². The van der Waals surface area contributed by atoms with Crippen LogP contribution in [0.1, 0.15) is 31.2 Å². The molecule has 0 spiro atoms. The van der Waals surface area contributed by atoms with Gasteiger partial charge in [-0.15, -0.1) is 0 Å². The first-order valence-corrected chi connectivity index (χ1v) is 12.8. The maximum absolute atomic E-state index is 13.3. The summed E-state index contributed by atoms with van der Waals surface area (Å²) in [5.41, 5.74) is 6.71. The summed E-state index contributed by atoms with van der Waals surface area (Å²) in [5, 5.41) is 23.5. The van der Waals surface area contributed by atoms with Crippen molar-refractivity contribution >= 4 is 42.2 Å². The van der Waals surface area contributed by atoms with Gasteiger partial charge in [-0.05, 0) is 49.8 Å². The standard InChI is InChI=1S/C24H33N5O7S/c25-16(11-14-5-7-15(30)8-6-14)21(32)26-12-20(31)28-9-2-4-19(28)23(34)29-10-1-3-18(29)22(33)27-17(13-37)24(35)36/h5-8,16-19,30,37H,1-4,9-13,25H2,(H,26,32)(H,27,33)(H,35,36)/t16-,17-,18-,19-/m0/s1. The number of benzene rings is 1. The van der Waals surface area contributed by atoms with Gasteiger partial charge >= 0.3 is 5.97 Å². The lowest BCUT2D eigenvalue weighted by atomic mass is 10.1. The van der Waals surface area contributed by atoms with Crippen molar-refractivity contribution in [3.63, 3.8) is 0 Å². The second-order valence-corrected chi connectivity index (χ2v) is 9.58. The zero-order valence-corrected chi connectivity index (χ0v) is 21.2. The molecule has 37 heavy (non-hydrogen) atoms. The molecular weight excluding hydrogens is 502 g/mol. The van der Waals surface area contributed by atoms with Crippen LogP contribution in [-0.2, 0) is 30.4 Å². The molecule has 12 nitrogen and oxygen atoms in total. The molecule has 1 aromatic carbocycles. The lowest BCUT2D eigenvalue weighted by Crippen LogP contribution is -2.56. The van der Waals surface area contributed by atoms with E-state index in [1.54, 1.807) is 12.1 Å². The fourth-order valence-electron chi connectivity index (χ4n) is 4.64. The van der Waals surface area contributed by atoms with Crippen LogP contribution >= 0.6 is 12.6 Å². The average molecular weight is 536 g/mol. The third kappa shape index (κ3) is 7.13. The smallest absolute Gasteiger partial charge is 0.327 e. The van der Waals surface area contributed by atoms with Crippen LogP contribution < -0.4 is 16.4 Å². The first-order chi connectivity index (χ1) is 17.6. The second kappa shape index (κ2) is 12.8. The normalized spacial score (nSPS) is 20.8. The number of nitrogens with two attached hydrogens (primary N) is 1. The predicted octanol–water partition coefficient (Wildman–Crippen LogP) is -1.14. The Morgan fingerprint density at radius 2 is 1.65 bits per heavy atom. The molecule has 2 fully saturated rings. The molecule has 2 aliphatic heterocycles. The van der Waals surface area contributed by atoms with Crippen LogP contribution in [0.5, 0.6) is 5.75 Å². The number of likely N-dealkylation sites (tertiary alicyclic amines) is 2. The predicted molar refractivity (Wildman–Crippen MR) is 136 cm³/mol. The molecule has 2 aliphatic rings. The van der Waals surface area contributed by atoms with Crippen molar-refractivity contribution < 1.29 is 34.2 Å². The van der Waals surface area contributed by atoms with Crippen LogP contribution in [0.4, 0.5) is 0 Å². The Balaban J connectivity index is 1.55. The Morgan fingerprint density at radius 3 is 2.27 bits per heavy atom. The molecule has 0 aliphatic carbocycles. The average Bonchev–Trinajstić information content (AvgIpc) is 3.56. The molecular formula is C24H33N5O7S. The van der Waals surface area contributed by atoms with E-state index >= 15 is 0 Å². The molecule has 6 N–H and O–H groups in total. The molecule has 0 saturated carbocycles. The van der Waals surface area contributed by atoms with Gasteiger partial charge in [0, 0.05) is 18.8 Å². The Hall–Kier alpha value is -3.32. The highest BCUT2D eigenvalue weighted by Crippen LogP contribution is 2.25. The lowest BCUT2D eigenvalue weighted by Gasteiger charge is -2.31. The number of rotatable bonds is 10. The molecule has 13 heteroatoms. The summed E-state index contributed by atoms with van der Waals surface area (Å²) in [6.45, 7) is 0.352. The van der Waals surface area contributed by atoms with Crippen LogP contribution in [0, 0.1) is 0 Å². The van der Waals surface area contributed by atoms with E-state index in [-0.39, 0.29) is 30.4 Å². The lowest BCUT2D eigenvalue weighted by molar-refractivity contribution is -0.147. The number of hydrogen-bond acceptors (Lipinski definition) is 8. The van der Waals surface area contributed by atoms with Crippen molar-refractivity contribution in [2.45, 2.75) is 56.3 Å². The number of thiol groups is 1. The number of carboxylic acid groups (broad SMARTS) is 1. The van der Waals surface area contributed by atoms with Crippen LogP contribution in [-0.4, -0.2) is 99.2 Å². The Morgan fingerprint density at radius 1 is 1.03 bits per heavy atom. The number of aromatic hydroxyl groups is 1. The van der Waals surface area contributed by atoms with Crippen LogP contribution in [0.3, 0.4) is 0 Å². The number of phenols is 1. The Kier molecular flexibility index (Phi) is 9.75. The molecule has 2 heterocycles. The topological polar surface area (TPSA) is 182 Å². The maximum atomic E-state index is 13.3. The number of nitrogens with one attached hydrogen (secondary N) is 2. The van der Waals surface area contributed by atoms with E-state index in [0.717, 1.165) is 5.56 Å². The van der Waals surface area contributed by atoms with E-state index in [0.29, 0.717) is 38.8 Å². The van der Waals surface area contributed by atoms with Gasteiger partial charge in [-0.3, -0.25) is 19.2 Å². The van der Waals surface area contributed by atoms with Gasteiger partial charge in [0.15, 0.2) is 0 Å². The molecule has 4 amide bonds. The third-order valence-electron chi connectivity index (χ3n) is 6.64. The highest BCUT2D eigenvalue weighted by molar-refractivity contribution is 7.80. The zero-order chi connectivity index (χ0) is 27.1. The maximum Gasteiger partial charge on any atom is 0.327 e. The van der Waals surface area contributed by atoms with Crippen LogP contribution in [0.15, 0.2) is 24.3 Å². The number of aliphatic carboxylic acids is 1. The molecule has 1 aromatic rings. The highest BCUT2D eigenvalue weighted by atomic mass is 32.1. The van der Waals surface area contributed by atoms with Crippen molar-refractivity contribution in [2.75, 3.05) is 25.4 Å². The number of phenolic OH excluding ortho intramolecular Hbond substituents is 1. The van der Waals surface area contributed by atoms with Gasteiger partial charge in [0.05, 0.1) is 12.6 Å². The summed E-state index contributed by atoms with van der Waals surface area (Å²) >= 11 is 3.95. The van der Waals surface area contributed by atoms with E-state index in [4.69, 9.17) is 5.73 Å². The summed E-state index contributed by atoms with van der Waals surface area (Å²) < 4.78 is 0. The molecule has 202 valence electrons. The van der Waals surface area contributed by atoms with E-state index in [9.17, 15) is 34.2 Å². The van der Waals surface area contributed by atoms with Crippen LogP contribution in [0.2, 0.25) is 0 Å². The van der Waals surface area contributed by atoms with Crippen molar-refractivity contribution in [3.05, 3.63) is 29.8 Å². The second-order valence-electron chi connectivity index (χ2n) is 9.21. The van der Waals surface area contributed by atoms with E-state index in [1.807, 2.05) is 0 Å². The number of carbonyl (C=O) groups is 5. The summed E-state index contributed by atoms with van der Waals surface area (Å²) in [6, 6.07) is 2.65. The molecule has 2 saturated heterocycles. The SMILES string of the molecule is N[C@@H](Cc1ccc(O)cc1)C(=O)NCC(=O)N1CCC[C@H]1C(=O)N1CCC[C@H]1C(=O)N[C@@H](CS)C(=O)O. The molecule has 0 bridgehead atoms. The minimum Gasteiger partial charge on any atom is -0.508 e.